The molecule has 4 bridgehead atoms. The number of carbonyl (C=O) groups is 1. The molecule has 1 aromatic rings. The second-order valence-corrected chi connectivity index (χ2v) is 10.1. The van der Waals surface area contributed by atoms with Gasteiger partial charge in [0, 0.05) is 24.9 Å². The zero-order valence-corrected chi connectivity index (χ0v) is 16.2. The van der Waals surface area contributed by atoms with Crippen LogP contribution in [0.5, 0.6) is 0 Å². The van der Waals surface area contributed by atoms with Crippen LogP contribution in [0.25, 0.3) is 0 Å². The minimum absolute atomic E-state index is 0.194. The zero-order valence-electron chi connectivity index (χ0n) is 16.2. The number of nitrogens with one attached hydrogen (secondary N) is 2. The Balaban J connectivity index is 1.16. The van der Waals surface area contributed by atoms with Crippen molar-refractivity contribution in [3.8, 4) is 0 Å². The number of quaternary nitrogens is 1. The van der Waals surface area contributed by atoms with Gasteiger partial charge in [-0.3, -0.25) is 4.79 Å². The molecule has 3 nitrogen and oxygen atoms in total. The maximum Gasteiger partial charge on any atom is 0.275 e. The molecule has 1 unspecified atom stereocenters. The van der Waals surface area contributed by atoms with Gasteiger partial charge in [0.25, 0.3) is 5.91 Å². The average Bonchev–Trinajstić information content (AvgIpc) is 3.45. The van der Waals surface area contributed by atoms with E-state index in [0.717, 1.165) is 36.4 Å². The summed E-state index contributed by atoms with van der Waals surface area (Å²) in [6.07, 6.45) is 10.8. The maximum atomic E-state index is 13.1. The molecule has 0 radical (unpaired) electrons. The summed E-state index contributed by atoms with van der Waals surface area (Å²) in [6, 6.07) is 7.34. The van der Waals surface area contributed by atoms with E-state index >= 15 is 0 Å². The summed E-state index contributed by atoms with van der Waals surface area (Å²) >= 11 is 0. The molecule has 0 spiro atoms. The van der Waals surface area contributed by atoms with Crippen LogP contribution in [0.15, 0.2) is 24.3 Å². The minimum Gasteiger partial charge on any atom is -0.351 e. The molecule has 5 aliphatic rings. The molecular weight excluding hydrogens is 339 g/mol. The highest BCUT2D eigenvalue weighted by Crippen LogP contribution is 2.59. The van der Waals surface area contributed by atoms with Crippen LogP contribution >= 0.6 is 0 Å². The van der Waals surface area contributed by atoms with E-state index in [1.165, 1.54) is 68.4 Å². The van der Waals surface area contributed by atoms with Crippen LogP contribution in [-0.4, -0.2) is 25.0 Å². The van der Waals surface area contributed by atoms with Crippen LogP contribution in [0.2, 0.25) is 0 Å². The van der Waals surface area contributed by atoms with Crippen LogP contribution in [-0.2, 0) is 11.3 Å². The Labute approximate surface area is 161 Å². The largest absolute Gasteiger partial charge is 0.351 e. The molecule has 6 rings (SSSR count). The number of hydrogen-bond donors (Lipinski definition) is 2. The van der Waals surface area contributed by atoms with Gasteiger partial charge < -0.3 is 10.2 Å². The van der Waals surface area contributed by atoms with Crippen molar-refractivity contribution in [1.29, 1.82) is 0 Å². The van der Waals surface area contributed by atoms with Crippen LogP contribution in [0.1, 0.15) is 56.9 Å². The lowest BCUT2D eigenvalue weighted by molar-refractivity contribution is -0.917. The maximum absolute atomic E-state index is 13.1. The SMILES string of the molecule is O=C(C[NH+](Cc1ccc(F)cc1)C1CC1)NCC12CC3CC(CC(C3)C1)C2. The Morgan fingerprint density at radius 3 is 2.19 bits per heavy atom. The third kappa shape index (κ3) is 3.91. The first-order chi connectivity index (χ1) is 13.1. The first-order valence-electron chi connectivity index (χ1n) is 10.9. The lowest BCUT2D eigenvalue weighted by Gasteiger charge is -2.56. The molecule has 1 amide bonds. The second-order valence-electron chi connectivity index (χ2n) is 10.1. The van der Waals surface area contributed by atoms with E-state index in [4.69, 9.17) is 0 Å². The molecule has 146 valence electrons. The van der Waals surface area contributed by atoms with E-state index < -0.39 is 0 Å². The number of benzene rings is 1. The number of hydrogen-bond acceptors (Lipinski definition) is 1. The highest BCUT2D eigenvalue weighted by molar-refractivity contribution is 5.76. The lowest BCUT2D eigenvalue weighted by atomic mass is 9.49. The summed E-state index contributed by atoms with van der Waals surface area (Å²) in [5.41, 5.74) is 1.52. The van der Waals surface area contributed by atoms with E-state index in [2.05, 4.69) is 5.32 Å². The van der Waals surface area contributed by atoms with Gasteiger partial charge in [-0.15, -0.1) is 0 Å². The van der Waals surface area contributed by atoms with Crippen molar-refractivity contribution >= 4 is 5.91 Å². The number of carbonyl (C=O) groups excluding carboxylic acids is 1. The Morgan fingerprint density at radius 1 is 1.04 bits per heavy atom. The fourth-order valence-corrected chi connectivity index (χ4v) is 6.77. The molecule has 0 saturated heterocycles. The van der Waals surface area contributed by atoms with Gasteiger partial charge in [-0.2, -0.15) is 0 Å². The topological polar surface area (TPSA) is 33.5 Å². The van der Waals surface area contributed by atoms with Crippen LogP contribution < -0.4 is 10.2 Å². The van der Waals surface area contributed by atoms with Crippen molar-refractivity contribution in [3.05, 3.63) is 35.6 Å². The smallest absolute Gasteiger partial charge is 0.275 e. The fraction of sp³-hybridized carbons (Fsp3) is 0.696. The monoisotopic (exact) mass is 371 g/mol. The quantitative estimate of drug-likeness (QED) is 0.759. The summed E-state index contributed by atoms with van der Waals surface area (Å²) in [4.78, 5) is 14.1. The molecule has 0 aromatic heterocycles. The molecule has 1 aromatic carbocycles. The van der Waals surface area contributed by atoms with Gasteiger partial charge in [-0.1, -0.05) is 12.1 Å². The first kappa shape index (κ1) is 17.7. The Bertz CT molecular complexity index is 662. The molecule has 5 fully saturated rings. The first-order valence-corrected chi connectivity index (χ1v) is 10.9. The van der Waals surface area contributed by atoms with Gasteiger partial charge in [0.15, 0.2) is 6.54 Å². The van der Waals surface area contributed by atoms with Crippen molar-refractivity contribution in [2.75, 3.05) is 13.1 Å². The summed E-state index contributed by atoms with van der Waals surface area (Å²) in [5, 5.41) is 3.33. The van der Waals surface area contributed by atoms with Gasteiger partial charge in [-0.05, 0) is 73.8 Å². The van der Waals surface area contributed by atoms with E-state index in [1.807, 2.05) is 12.1 Å². The van der Waals surface area contributed by atoms with Gasteiger partial charge in [0.05, 0.1) is 6.04 Å². The molecular formula is C23H32FN2O+. The Kier molecular flexibility index (Phi) is 4.50. The lowest BCUT2D eigenvalue weighted by Crippen LogP contribution is -3.13. The molecule has 4 heteroatoms. The van der Waals surface area contributed by atoms with E-state index in [-0.39, 0.29) is 11.7 Å². The Hall–Kier alpha value is -1.42. The highest BCUT2D eigenvalue weighted by atomic mass is 19.1. The Morgan fingerprint density at radius 2 is 1.63 bits per heavy atom. The molecule has 0 heterocycles. The molecule has 2 N–H and O–H groups in total. The number of halogens is 1. The van der Waals surface area contributed by atoms with Gasteiger partial charge in [0.2, 0.25) is 0 Å². The second kappa shape index (κ2) is 6.88. The minimum atomic E-state index is -0.194. The normalized spacial score (nSPS) is 35.2. The summed E-state index contributed by atoms with van der Waals surface area (Å²) in [6.45, 7) is 2.26. The molecule has 5 aliphatic carbocycles. The standard InChI is InChI=1S/C23H31FN2O/c24-20-3-1-16(2-4-20)13-26(21-5-6-21)14-22(27)25-15-23-10-17-7-18(11-23)9-19(8-17)12-23/h1-4,17-19,21H,5-15H2,(H,25,27)/p+1. The zero-order chi connectivity index (χ0) is 18.4. The highest BCUT2D eigenvalue weighted by Gasteiger charge is 2.50. The number of amides is 1. The molecule has 1 atom stereocenters. The summed E-state index contributed by atoms with van der Waals surface area (Å²) in [7, 11) is 0. The van der Waals surface area contributed by atoms with Gasteiger partial charge in [-0.25, -0.2) is 4.39 Å². The predicted octanol–water partition coefficient (Wildman–Crippen LogP) is 2.71. The molecule has 5 saturated carbocycles. The van der Waals surface area contributed by atoms with Crippen molar-refractivity contribution < 1.29 is 14.1 Å². The van der Waals surface area contributed by atoms with Gasteiger partial charge >= 0.3 is 0 Å². The van der Waals surface area contributed by atoms with Crippen molar-refractivity contribution in [2.45, 2.75) is 64.0 Å². The van der Waals surface area contributed by atoms with Crippen LogP contribution in [0, 0.1) is 29.0 Å². The summed E-state index contributed by atoms with van der Waals surface area (Å²) in [5.74, 6) is 2.80. The van der Waals surface area contributed by atoms with Crippen molar-refractivity contribution in [2.24, 2.45) is 23.2 Å². The van der Waals surface area contributed by atoms with Gasteiger partial charge in [0.1, 0.15) is 12.4 Å². The van der Waals surface area contributed by atoms with Crippen molar-refractivity contribution in [3.63, 3.8) is 0 Å². The third-order valence-corrected chi connectivity index (χ3v) is 7.71. The fourth-order valence-electron chi connectivity index (χ4n) is 6.77. The van der Waals surface area contributed by atoms with E-state index in [0.29, 0.717) is 18.0 Å². The third-order valence-electron chi connectivity index (χ3n) is 7.71. The van der Waals surface area contributed by atoms with Crippen LogP contribution in [0.3, 0.4) is 0 Å². The van der Waals surface area contributed by atoms with E-state index in [9.17, 15) is 9.18 Å². The number of rotatable bonds is 7. The molecule has 27 heavy (non-hydrogen) atoms. The van der Waals surface area contributed by atoms with E-state index in [1.54, 1.807) is 0 Å². The van der Waals surface area contributed by atoms with Crippen LogP contribution in [0.4, 0.5) is 4.39 Å². The summed E-state index contributed by atoms with van der Waals surface area (Å²) < 4.78 is 13.1. The average molecular weight is 372 g/mol. The molecule has 0 aliphatic heterocycles. The van der Waals surface area contributed by atoms with Crippen molar-refractivity contribution in [1.82, 2.24) is 5.32 Å². The predicted molar refractivity (Wildman–Crippen MR) is 103 cm³/mol.